The van der Waals surface area contributed by atoms with E-state index in [0.717, 1.165) is 72.5 Å². The number of carbonyl (C=O) groups is 2. The maximum Gasteiger partial charge on any atom is 0.303 e. The number of aromatic amines is 1. The van der Waals surface area contributed by atoms with Gasteiger partial charge >= 0.3 is 11.9 Å². The van der Waals surface area contributed by atoms with Crippen LogP contribution in [0.1, 0.15) is 78.1 Å². The first kappa shape index (κ1) is 29.8. The molecule has 0 aromatic carbocycles. The second kappa shape index (κ2) is 11.6. The Morgan fingerprint density at radius 3 is 2.07 bits per heavy atom. The van der Waals surface area contributed by atoms with E-state index in [2.05, 4.69) is 18.1 Å². The number of aromatic nitrogens is 4. The molecule has 5 heterocycles. The molecule has 3 aromatic rings. The van der Waals surface area contributed by atoms with Crippen LogP contribution in [0.2, 0.25) is 0 Å². The number of rotatable bonds is 8. The largest absolute Gasteiger partial charge is 0.481 e. The Morgan fingerprint density at radius 2 is 1.42 bits per heavy atom. The highest BCUT2D eigenvalue weighted by Crippen LogP contribution is 2.37. The number of thiol groups is 1. The molecule has 2 aliphatic rings. The maximum absolute atomic E-state index is 11.6. The van der Waals surface area contributed by atoms with Gasteiger partial charge in [0.05, 0.1) is 33.8 Å². The van der Waals surface area contributed by atoms with Crippen molar-refractivity contribution in [1.29, 1.82) is 0 Å². The van der Waals surface area contributed by atoms with Crippen LogP contribution in [-0.2, 0) is 16.0 Å². The van der Waals surface area contributed by atoms with E-state index in [9.17, 15) is 19.8 Å². The highest BCUT2D eigenvalue weighted by molar-refractivity contribution is 7.79. The third kappa shape index (κ3) is 5.36. The van der Waals surface area contributed by atoms with E-state index in [4.69, 9.17) is 22.8 Å². The first-order valence-electron chi connectivity index (χ1n) is 14.0. The molecule has 0 amide bonds. The number of carboxylic acid groups (broad SMARTS) is 2. The van der Waals surface area contributed by atoms with Crippen molar-refractivity contribution < 1.29 is 19.8 Å². The lowest BCUT2D eigenvalue weighted by atomic mass is 10.0. The lowest BCUT2D eigenvalue weighted by Crippen LogP contribution is -1.98. The smallest absolute Gasteiger partial charge is 0.303 e. The summed E-state index contributed by atoms with van der Waals surface area (Å²) >= 11 is 4.88. The molecule has 0 radical (unpaired) electrons. The molecule has 0 atom stereocenters. The van der Waals surface area contributed by atoms with Gasteiger partial charge in [-0.15, -0.1) is 0 Å². The fraction of sp³-hybridized carbons (Fsp3) is 0.235. The molecule has 8 bridgehead atoms. The maximum atomic E-state index is 11.6. The Kier molecular flexibility index (Phi) is 8.03. The summed E-state index contributed by atoms with van der Waals surface area (Å²) in [5, 5.41) is 19.0. The standard InChI is InChI=1S/C34H34N4O4S/c1-7-21-17(3)25-13-29-22(8-2)18(4)27(37-29)15-31-20(6)24(10-12-34(41)42)32(38(31)43)16-30-23(9-11-33(39)40)19(5)26(36-30)14-28(21)35-25/h7-8,13-16,35,43H,1-2,9-12H2,3-6H3,(H,39,40)(H,41,42). The van der Waals surface area contributed by atoms with Gasteiger partial charge in [0.1, 0.15) is 0 Å². The number of nitrogens with one attached hydrogen (secondary N) is 1. The van der Waals surface area contributed by atoms with E-state index in [1.807, 2.05) is 58.0 Å². The number of aryl methyl sites for hydroxylation is 3. The second-order valence-electron chi connectivity index (χ2n) is 10.9. The van der Waals surface area contributed by atoms with Crippen LogP contribution in [0.3, 0.4) is 0 Å². The molecule has 43 heavy (non-hydrogen) atoms. The lowest BCUT2D eigenvalue weighted by Gasteiger charge is -2.04. The number of H-pyrrole nitrogens is 1. The Labute approximate surface area is 255 Å². The van der Waals surface area contributed by atoms with Crippen molar-refractivity contribution >= 4 is 75.2 Å². The Bertz CT molecular complexity index is 1970. The summed E-state index contributed by atoms with van der Waals surface area (Å²) in [5.74, 6) is -1.79. The van der Waals surface area contributed by atoms with Crippen LogP contribution in [0.25, 0.3) is 50.4 Å². The van der Waals surface area contributed by atoms with E-state index in [1.54, 1.807) is 10.0 Å². The van der Waals surface area contributed by atoms with E-state index >= 15 is 0 Å². The van der Waals surface area contributed by atoms with Gasteiger partial charge in [0.25, 0.3) is 0 Å². The van der Waals surface area contributed by atoms with Crippen LogP contribution in [0, 0.1) is 13.8 Å². The van der Waals surface area contributed by atoms with Crippen LogP contribution in [0.5, 0.6) is 0 Å². The summed E-state index contributed by atoms with van der Waals surface area (Å²) in [6.07, 6.45) is 4.10. The number of fused-ring (bicyclic) bond motifs is 8. The molecule has 5 rings (SSSR count). The van der Waals surface area contributed by atoms with Gasteiger partial charge in [-0.2, -0.15) is 0 Å². The number of nitrogens with zero attached hydrogens (tertiary/aromatic N) is 3. The first-order chi connectivity index (χ1) is 20.4. The zero-order valence-corrected chi connectivity index (χ0v) is 25.6. The predicted molar refractivity (Wildman–Crippen MR) is 177 cm³/mol. The van der Waals surface area contributed by atoms with Gasteiger partial charge < -0.3 is 15.2 Å². The summed E-state index contributed by atoms with van der Waals surface area (Å²) in [4.78, 5) is 36.6. The van der Waals surface area contributed by atoms with Gasteiger partial charge in [0.2, 0.25) is 0 Å². The Hall–Kier alpha value is -4.63. The topological polar surface area (TPSA) is 121 Å². The Morgan fingerprint density at radius 1 is 0.814 bits per heavy atom. The number of hydrogen-bond acceptors (Lipinski definition) is 5. The highest BCUT2D eigenvalue weighted by Gasteiger charge is 2.22. The fourth-order valence-electron chi connectivity index (χ4n) is 5.88. The molecule has 0 fully saturated rings. The minimum absolute atomic E-state index is 0.0487. The van der Waals surface area contributed by atoms with Gasteiger partial charge in [-0.25, -0.2) is 9.97 Å². The van der Waals surface area contributed by atoms with E-state index in [1.165, 1.54) is 0 Å². The Balaban J connectivity index is 1.98. The molecule has 220 valence electrons. The minimum Gasteiger partial charge on any atom is -0.481 e. The molecule has 8 nitrogen and oxygen atoms in total. The number of hydrogen-bond donors (Lipinski definition) is 4. The fourth-order valence-corrected chi connectivity index (χ4v) is 6.27. The van der Waals surface area contributed by atoms with Gasteiger partial charge in [0.15, 0.2) is 0 Å². The SMILES string of the molecule is C=CC1=C(C)c2cc3c(C)c(CCC(=O)O)c(cc4nc(cc5[nH]c(cc1n2)c(C)c5C=C)C(C)=C4CCC(=O)O)n3S. The van der Waals surface area contributed by atoms with E-state index < -0.39 is 11.9 Å². The summed E-state index contributed by atoms with van der Waals surface area (Å²) in [5.41, 5.74) is 13.3. The molecular weight excluding hydrogens is 560 g/mol. The molecule has 3 aromatic heterocycles. The van der Waals surface area contributed by atoms with Crippen LogP contribution < -0.4 is 0 Å². The zero-order valence-electron chi connectivity index (χ0n) is 24.7. The third-order valence-electron chi connectivity index (χ3n) is 8.36. The van der Waals surface area contributed by atoms with Gasteiger partial charge in [-0.05, 0) is 98.2 Å². The quantitative estimate of drug-likeness (QED) is 0.199. The third-order valence-corrected chi connectivity index (χ3v) is 8.79. The van der Waals surface area contributed by atoms with Crippen LogP contribution >= 0.6 is 12.8 Å². The van der Waals surface area contributed by atoms with Crippen molar-refractivity contribution in [2.45, 2.75) is 53.4 Å². The second-order valence-corrected chi connectivity index (χ2v) is 11.3. The number of aliphatic carboxylic acids is 2. The summed E-state index contributed by atoms with van der Waals surface area (Å²) in [6, 6.07) is 7.82. The van der Waals surface area contributed by atoms with Crippen molar-refractivity contribution in [2.24, 2.45) is 0 Å². The monoisotopic (exact) mass is 594 g/mol. The van der Waals surface area contributed by atoms with Crippen molar-refractivity contribution in [2.75, 3.05) is 0 Å². The van der Waals surface area contributed by atoms with Gasteiger partial charge in [-0.1, -0.05) is 38.1 Å². The molecule has 0 saturated carbocycles. The average Bonchev–Trinajstić information content (AvgIpc) is 3.59. The van der Waals surface area contributed by atoms with E-state index in [0.29, 0.717) is 29.7 Å². The van der Waals surface area contributed by atoms with Crippen molar-refractivity contribution in [3.05, 3.63) is 88.5 Å². The van der Waals surface area contributed by atoms with Crippen molar-refractivity contribution in [3.63, 3.8) is 0 Å². The number of carboxylic acids is 2. The van der Waals surface area contributed by atoms with Crippen molar-refractivity contribution in [1.82, 2.24) is 18.9 Å². The van der Waals surface area contributed by atoms with Gasteiger partial charge in [0, 0.05) is 35.0 Å². The van der Waals surface area contributed by atoms with Gasteiger partial charge in [-0.3, -0.25) is 13.6 Å². The average molecular weight is 595 g/mol. The molecule has 0 unspecified atom stereocenters. The highest BCUT2D eigenvalue weighted by atomic mass is 32.1. The van der Waals surface area contributed by atoms with Crippen LogP contribution in [-0.4, -0.2) is 41.1 Å². The van der Waals surface area contributed by atoms with Crippen LogP contribution in [0.15, 0.2) is 43.5 Å². The molecule has 0 spiro atoms. The summed E-state index contributed by atoms with van der Waals surface area (Å²) in [6.45, 7) is 16.0. The molecule has 0 saturated heterocycles. The molecular formula is C34H34N4O4S. The molecule has 0 aliphatic carbocycles. The zero-order chi connectivity index (χ0) is 31.2. The summed E-state index contributed by atoms with van der Waals surface area (Å²) in [7, 11) is 0. The normalized spacial score (nSPS) is 13.0. The molecule has 9 heteroatoms. The molecule has 3 N–H and O–H groups in total. The molecule has 2 aliphatic heterocycles. The van der Waals surface area contributed by atoms with Crippen LogP contribution in [0.4, 0.5) is 0 Å². The lowest BCUT2D eigenvalue weighted by molar-refractivity contribution is -0.137. The number of allylic oxidation sites excluding steroid dienone is 5. The minimum atomic E-state index is -0.898. The first-order valence-corrected chi connectivity index (χ1v) is 14.4. The predicted octanol–water partition coefficient (Wildman–Crippen LogP) is 7.67. The van der Waals surface area contributed by atoms with E-state index in [-0.39, 0.29) is 12.8 Å². The van der Waals surface area contributed by atoms with Crippen molar-refractivity contribution in [3.8, 4) is 0 Å². The summed E-state index contributed by atoms with van der Waals surface area (Å²) < 4.78 is 1.74.